The van der Waals surface area contributed by atoms with E-state index in [9.17, 15) is 14.4 Å². The highest BCUT2D eigenvalue weighted by Gasteiger charge is 2.38. The summed E-state index contributed by atoms with van der Waals surface area (Å²) in [4.78, 5) is 39.8. The molecule has 1 aromatic heterocycles. The van der Waals surface area contributed by atoms with Crippen LogP contribution in [0.25, 0.3) is 0 Å². The first kappa shape index (κ1) is 20.1. The second kappa shape index (κ2) is 8.60. The van der Waals surface area contributed by atoms with Gasteiger partial charge < -0.3 is 18.9 Å². The van der Waals surface area contributed by atoms with Crippen LogP contribution in [0.15, 0.2) is 30.3 Å². The molecule has 0 saturated carbocycles. The lowest BCUT2D eigenvalue weighted by atomic mass is 10.1. The number of halogens is 1. The van der Waals surface area contributed by atoms with Crippen LogP contribution in [-0.2, 0) is 17.9 Å². The van der Waals surface area contributed by atoms with Gasteiger partial charge in [0.1, 0.15) is 17.9 Å². The van der Waals surface area contributed by atoms with Crippen molar-refractivity contribution in [2.24, 2.45) is 0 Å². The molecule has 0 spiro atoms. The highest BCUT2D eigenvalue weighted by Crippen LogP contribution is 2.35. The number of ketones is 1. The Bertz CT molecular complexity index is 907. The molecule has 0 fully saturated rings. The van der Waals surface area contributed by atoms with Crippen molar-refractivity contribution < 1.29 is 23.9 Å². The zero-order chi connectivity index (χ0) is 20.3. The lowest BCUT2D eigenvalue weighted by molar-refractivity contribution is 0.0518. The van der Waals surface area contributed by atoms with Crippen molar-refractivity contribution in [3.05, 3.63) is 52.8 Å². The summed E-state index contributed by atoms with van der Waals surface area (Å²) in [5, 5.41) is 0.0189. The summed E-state index contributed by atoms with van der Waals surface area (Å²) in [5.41, 5.74) is 1.25. The van der Waals surface area contributed by atoms with Gasteiger partial charge in [-0.1, -0.05) is 46.3 Å². The second-order valence-corrected chi connectivity index (χ2v) is 6.89. The summed E-state index contributed by atoms with van der Waals surface area (Å²) < 4.78 is 12.7. The van der Waals surface area contributed by atoms with Crippen molar-refractivity contribution >= 4 is 33.6 Å². The van der Waals surface area contributed by atoms with Gasteiger partial charge in [0.2, 0.25) is 0 Å². The Hall–Kier alpha value is -2.61. The van der Waals surface area contributed by atoms with Crippen molar-refractivity contribution in [2.75, 3.05) is 25.5 Å². The van der Waals surface area contributed by atoms with E-state index in [-0.39, 0.29) is 52.9 Å². The number of benzene rings is 1. The van der Waals surface area contributed by atoms with Crippen LogP contribution in [0.2, 0.25) is 0 Å². The van der Waals surface area contributed by atoms with E-state index in [0.717, 1.165) is 5.56 Å². The van der Waals surface area contributed by atoms with Gasteiger partial charge in [-0.05, 0) is 12.5 Å². The quantitative estimate of drug-likeness (QED) is 0.369. The molecule has 0 saturated heterocycles. The molecule has 2 aromatic rings. The Kier molecular flexibility index (Phi) is 6.18. The van der Waals surface area contributed by atoms with Crippen molar-refractivity contribution in [2.45, 2.75) is 20.1 Å². The maximum atomic E-state index is 12.9. The largest absolute Gasteiger partial charge is 0.485 e. The van der Waals surface area contributed by atoms with Crippen molar-refractivity contribution in [1.29, 1.82) is 0 Å². The number of hydrogen-bond acceptors (Lipinski definition) is 5. The molecule has 3 rings (SSSR count). The standard InChI is InChI=1S/C20H21BrN2O5/c1-3-27-20(26)15-16(14(24)11-21)23-10-9-22(2)19(25)17(23)18(15)28-12-13-7-5-4-6-8-13/h4-8H,3,9-12H2,1-2H3. The number of Topliss-reactive ketones (excluding diaryl/α,β-unsaturated/α-hetero) is 1. The van der Waals surface area contributed by atoms with Gasteiger partial charge in [-0.15, -0.1) is 0 Å². The minimum atomic E-state index is -0.674. The summed E-state index contributed by atoms with van der Waals surface area (Å²) >= 11 is 3.16. The van der Waals surface area contributed by atoms with Crippen LogP contribution in [-0.4, -0.2) is 52.7 Å². The van der Waals surface area contributed by atoms with E-state index >= 15 is 0 Å². The number of aromatic nitrogens is 1. The summed E-state index contributed by atoms with van der Waals surface area (Å²) in [6.07, 6.45) is 0. The maximum Gasteiger partial charge on any atom is 0.344 e. The van der Waals surface area contributed by atoms with Crippen LogP contribution in [0.4, 0.5) is 0 Å². The SMILES string of the molecule is CCOC(=O)c1c(OCc2ccccc2)c2n(c1C(=O)CBr)CCN(C)C2=O. The number of carbonyl (C=O) groups excluding carboxylic acids is 3. The third-order valence-electron chi connectivity index (χ3n) is 4.52. The number of alkyl halides is 1. The van der Waals surface area contributed by atoms with Crippen molar-refractivity contribution in [3.63, 3.8) is 0 Å². The number of amides is 1. The zero-order valence-electron chi connectivity index (χ0n) is 15.7. The van der Waals surface area contributed by atoms with Gasteiger partial charge in [0, 0.05) is 20.1 Å². The first-order chi connectivity index (χ1) is 13.5. The smallest absolute Gasteiger partial charge is 0.344 e. The number of fused-ring (bicyclic) bond motifs is 1. The van der Waals surface area contributed by atoms with Crippen LogP contribution < -0.4 is 4.74 Å². The van der Waals surface area contributed by atoms with Gasteiger partial charge in [-0.25, -0.2) is 4.79 Å². The van der Waals surface area contributed by atoms with E-state index in [1.807, 2.05) is 30.3 Å². The van der Waals surface area contributed by atoms with E-state index in [1.165, 1.54) is 0 Å². The molecular weight excluding hydrogens is 428 g/mol. The molecule has 0 radical (unpaired) electrons. The summed E-state index contributed by atoms with van der Waals surface area (Å²) in [5.74, 6) is -1.18. The third-order valence-corrected chi connectivity index (χ3v) is 5.03. The molecule has 0 aliphatic carbocycles. The zero-order valence-corrected chi connectivity index (χ0v) is 17.3. The number of nitrogens with zero attached hydrogens (tertiary/aromatic N) is 2. The average Bonchev–Trinajstić information content (AvgIpc) is 3.04. The maximum absolute atomic E-state index is 12.9. The van der Waals surface area contributed by atoms with Crippen LogP contribution in [0.1, 0.15) is 43.8 Å². The summed E-state index contributed by atoms with van der Waals surface area (Å²) in [7, 11) is 1.68. The highest BCUT2D eigenvalue weighted by atomic mass is 79.9. The Morgan fingerprint density at radius 1 is 1.18 bits per heavy atom. The topological polar surface area (TPSA) is 77.8 Å². The molecule has 1 aromatic carbocycles. The van der Waals surface area contributed by atoms with Gasteiger partial charge in [0.25, 0.3) is 5.91 Å². The lowest BCUT2D eigenvalue weighted by Crippen LogP contribution is -2.38. The molecule has 0 N–H and O–H groups in total. The number of hydrogen-bond donors (Lipinski definition) is 0. The molecule has 2 heterocycles. The van der Waals surface area contributed by atoms with E-state index < -0.39 is 5.97 Å². The average molecular weight is 449 g/mol. The van der Waals surface area contributed by atoms with Gasteiger partial charge in [-0.3, -0.25) is 9.59 Å². The fraction of sp³-hybridized carbons (Fsp3) is 0.350. The highest BCUT2D eigenvalue weighted by molar-refractivity contribution is 9.09. The van der Waals surface area contributed by atoms with E-state index in [0.29, 0.717) is 13.1 Å². The minimum absolute atomic E-state index is 0.0147. The van der Waals surface area contributed by atoms with E-state index in [1.54, 1.807) is 23.4 Å². The Morgan fingerprint density at radius 3 is 2.54 bits per heavy atom. The normalized spacial score (nSPS) is 13.2. The number of esters is 1. The fourth-order valence-corrected chi connectivity index (χ4v) is 3.45. The molecule has 28 heavy (non-hydrogen) atoms. The first-order valence-corrected chi connectivity index (χ1v) is 10.1. The lowest BCUT2D eigenvalue weighted by Gasteiger charge is -2.25. The molecule has 0 bridgehead atoms. The van der Waals surface area contributed by atoms with Crippen molar-refractivity contribution in [1.82, 2.24) is 9.47 Å². The second-order valence-electron chi connectivity index (χ2n) is 6.33. The molecule has 1 aliphatic rings. The molecule has 7 nitrogen and oxygen atoms in total. The fourth-order valence-electron chi connectivity index (χ4n) is 3.18. The predicted molar refractivity (Wildman–Crippen MR) is 106 cm³/mol. The number of rotatable bonds is 7. The summed E-state index contributed by atoms with van der Waals surface area (Å²) in [6, 6.07) is 9.40. The molecular formula is C20H21BrN2O5. The van der Waals surface area contributed by atoms with Crippen LogP contribution >= 0.6 is 15.9 Å². The molecule has 1 aliphatic heterocycles. The Balaban J connectivity index is 2.16. The van der Waals surface area contributed by atoms with Crippen molar-refractivity contribution in [3.8, 4) is 5.75 Å². The predicted octanol–water partition coefficient (Wildman–Crippen LogP) is 2.91. The summed E-state index contributed by atoms with van der Waals surface area (Å²) in [6.45, 7) is 2.82. The van der Waals surface area contributed by atoms with Gasteiger partial charge in [0.15, 0.2) is 17.2 Å². The van der Waals surface area contributed by atoms with Gasteiger partial charge >= 0.3 is 5.97 Å². The van der Waals surface area contributed by atoms with Gasteiger partial charge in [0.05, 0.1) is 11.9 Å². The van der Waals surface area contributed by atoms with E-state index in [4.69, 9.17) is 9.47 Å². The van der Waals surface area contributed by atoms with Gasteiger partial charge in [-0.2, -0.15) is 0 Å². The minimum Gasteiger partial charge on any atom is -0.485 e. The van der Waals surface area contributed by atoms with E-state index in [2.05, 4.69) is 15.9 Å². The van der Waals surface area contributed by atoms with Crippen LogP contribution in [0.5, 0.6) is 5.75 Å². The van der Waals surface area contributed by atoms with Crippen LogP contribution in [0.3, 0.4) is 0 Å². The number of likely N-dealkylation sites (N-methyl/N-ethyl adjacent to an activating group) is 1. The molecule has 0 atom stereocenters. The molecule has 8 heteroatoms. The number of ether oxygens (including phenoxy) is 2. The molecule has 148 valence electrons. The Labute approximate surface area is 171 Å². The monoisotopic (exact) mass is 448 g/mol. The Morgan fingerprint density at radius 2 is 1.89 bits per heavy atom. The molecule has 1 amide bonds. The molecule has 0 unspecified atom stereocenters. The van der Waals surface area contributed by atoms with Crippen LogP contribution in [0, 0.1) is 0 Å². The third kappa shape index (κ3) is 3.69. The number of carbonyl (C=O) groups is 3. The first-order valence-electron chi connectivity index (χ1n) is 8.94.